The quantitative estimate of drug-likeness (QED) is 0.172. The zero-order valence-corrected chi connectivity index (χ0v) is 42.8. The van der Waals surface area contributed by atoms with Crippen molar-refractivity contribution >= 4 is 40.3 Å². The van der Waals surface area contributed by atoms with Gasteiger partial charge in [-0.25, -0.2) is 9.49 Å². The van der Waals surface area contributed by atoms with Crippen LogP contribution in [0, 0.1) is 29.0 Å². The number of nitrogens with zero attached hydrogens (tertiary/aromatic N) is 7. The van der Waals surface area contributed by atoms with Crippen LogP contribution in [0.5, 0.6) is 0 Å². The van der Waals surface area contributed by atoms with Crippen molar-refractivity contribution in [1.29, 1.82) is 0 Å². The van der Waals surface area contributed by atoms with Crippen molar-refractivity contribution in [2.45, 2.75) is 95.4 Å². The van der Waals surface area contributed by atoms with E-state index in [0.717, 1.165) is 109 Å². The molecule has 392 valence electrons. The van der Waals surface area contributed by atoms with E-state index in [1.165, 1.54) is 18.9 Å². The van der Waals surface area contributed by atoms with Gasteiger partial charge in [0, 0.05) is 101 Å². The molecule has 4 saturated heterocycles. The molecule has 74 heavy (non-hydrogen) atoms. The molecule has 5 heterocycles. The lowest BCUT2D eigenvalue weighted by molar-refractivity contribution is -0.137. The molecule has 0 bridgehead atoms. The van der Waals surface area contributed by atoms with E-state index in [4.69, 9.17) is 0 Å². The summed E-state index contributed by atoms with van der Waals surface area (Å²) in [7, 11) is 0. The minimum absolute atomic E-state index is 0.0200. The lowest BCUT2D eigenvalue weighted by Gasteiger charge is -2.41. The van der Waals surface area contributed by atoms with Crippen LogP contribution in [0.2, 0.25) is 0 Å². The van der Waals surface area contributed by atoms with Crippen LogP contribution in [0.1, 0.15) is 121 Å². The van der Waals surface area contributed by atoms with Gasteiger partial charge in [0.1, 0.15) is 11.9 Å². The average Bonchev–Trinajstić information content (AvgIpc) is 4.39. The summed E-state index contributed by atoms with van der Waals surface area (Å²) >= 11 is 0. The molecule has 5 amide bonds. The van der Waals surface area contributed by atoms with Gasteiger partial charge in [0.05, 0.1) is 23.2 Å². The first-order valence-corrected chi connectivity index (χ1v) is 27.7. The molecule has 11 rings (SSSR count). The zero-order valence-electron chi connectivity index (χ0n) is 42.8. The van der Waals surface area contributed by atoms with Crippen LogP contribution >= 0.6 is 0 Å². The normalized spacial score (nSPS) is 23.2. The van der Waals surface area contributed by atoms with E-state index >= 15 is 4.39 Å². The van der Waals surface area contributed by atoms with Crippen molar-refractivity contribution < 1.29 is 28.4 Å². The van der Waals surface area contributed by atoms with Gasteiger partial charge in [0.25, 0.3) is 17.4 Å². The van der Waals surface area contributed by atoms with Crippen molar-refractivity contribution in [3.8, 4) is 0 Å². The number of aromatic amines is 1. The van der Waals surface area contributed by atoms with Gasteiger partial charge in [0.15, 0.2) is 0 Å². The largest absolute Gasteiger partial charge is 0.342 e. The van der Waals surface area contributed by atoms with Gasteiger partial charge in [-0.1, -0.05) is 55.7 Å². The highest BCUT2D eigenvalue weighted by molar-refractivity contribution is 5.98. The number of halogens is 1. The second-order valence-electron chi connectivity index (χ2n) is 22.8. The van der Waals surface area contributed by atoms with Crippen LogP contribution in [-0.4, -0.2) is 167 Å². The SMILES string of the molecule is O=C(NC(C(=O)N1CCN(CC2CCN(CC(=O)N3CCN(C(=O)c4cc(Cc5n[nH]c(=O)c6ccccc56)ccc4F)CC3)CC2)CC1)C1CCCCC1)c1cccc(C2CCCN(C(=O)C3CC34CC4)C2)c1. The first-order chi connectivity index (χ1) is 36.0. The molecule has 3 saturated carbocycles. The maximum absolute atomic E-state index is 15.1. The van der Waals surface area contributed by atoms with Crippen LogP contribution < -0.4 is 10.9 Å². The van der Waals surface area contributed by atoms with E-state index in [1.807, 2.05) is 40.1 Å². The molecule has 7 fully saturated rings. The highest BCUT2D eigenvalue weighted by Gasteiger charge is 2.66. The van der Waals surface area contributed by atoms with Gasteiger partial charge in [-0.2, -0.15) is 5.10 Å². The van der Waals surface area contributed by atoms with Crippen molar-refractivity contribution in [2.75, 3.05) is 91.6 Å². The number of H-pyrrole nitrogens is 1. The fourth-order valence-corrected chi connectivity index (χ4v) is 13.1. The van der Waals surface area contributed by atoms with E-state index in [2.05, 4.69) is 36.3 Å². The molecular weight excluding hydrogens is 938 g/mol. The third-order valence-corrected chi connectivity index (χ3v) is 18.0. The number of likely N-dealkylation sites (tertiary alicyclic amines) is 2. The number of hydrogen-bond acceptors (Lipinski definition) is 9. The van der Waals surface area contributed by atoms with E-state index in [0.29, 0.717) is 104 Å². The van der Waals surface area contributed by atoms with E-state index < -0.39 is 17.8 Å². The average molecular weight is 1010 g/mol. The fraction of sp³-hybridized carbons (Fsp3) is 0.569. The highest BCUT2D eigenvalue weighted by atomic mass is 19.1. The molecule has 1 spiro atoms. The number of carbonyl (C=O) groups is 5. The fourth-order valence-electron chi connectivity index (χ4n) is 13.1. The van der Waals surface area contributed by atoms with Crippen LogP contribution in [0.3, 0.4) is 0 Å². The van der Waals surface area contributed by atoms with Gasteiger partial charge < -0.3 is 24.9 Å². The molecule has 3 atom stereocenters. The third-order valence-electron chi connectivity index (χ3n) is 18.0. The molecule has 4 aliphatic heterocycles. The van der Waals surface area contributed by atoms with Crippen LogP contribution in [0.15, 0.2) is 71.5 Å². The summed E-state index contributed by atoms with van der Waals surface area (Å²) in [5.41, 5.74) is 3.04. The number of aromatic nitrogens is 2. The number of fused-ring (bicyclic) bond motifs is 1. The first kappa shape index (κ1) is 50.2. The number of hydrogen-bond donors (Lipinski definition) is 2. The van der Waals surface area contributed by atoms with Gasteiger partial charge in [-0.15, -0.1) is 0 Å². The van der Waals surface area contributed by atoms with E-state index in [9.17, 15) is 28.8 Å². The summed E-state index contributed by atoms with van der Waals surface area (Å²) in [6.07, 6.45) is 12.9. The molecule has 0 radical (unpaired) electrons. The summed E-state index contributed by atoms with van der Waals surface area (Å²) in [6, 6.07) is 19.0. The molecule has 15 nitrogen and oxygen atoms in total. The number of piperidine rings is 2. The predicted molar refractivity (Wildman–Crippen MR) is 279 cm³/mol. The first-order valence-electron chi connectivity index (χ1n) is 27.7. The van der Waals surface area contributed by atoms with Gasteiger partial charge in [0.2, 0.25) is 17.7 Å². The Morgan fingerprint density at radius 1 is 0.716 bits per heavy atom. The summed E-state index contributed by atoms with van der Waals surface area (Å²) < 4.78 is 15.1. The molecule has 3 unspecified atom stereocenters. The number of carbonyl (C=O) groups excluding carboxylic acids is 5. The second-order valence-corrected chi connectivity index (χ2v) is 22.8. The maximum Gasteiger partial charge on any atom is 0.272 e. The molecule has 16 heteroatoms. The number of piperazine rings is 2. The second kappa shape index (κ2) is 21.7. The Labute approximate surface area is 433 Å². The number of amides is 5. The topological polar surface area (TPSA) is 163 Å². The van der Waals surface area contributed by atoms with Crippen molar-refractivity contribution in [1.82, 2.24) is 44.9 Å². The van der Waals surface area contributed by atoms with E-state index in [-0.39, 0.29) is 46.6 Å². The lowest BCUT2D eigenvalue weighted by atomic mass is 9.83. The molecular formula is C58H72FN9O6. The Morgan fingerprint density at radius 2 is 1.45 bits per heavy atom. The van der Waals surface area contributed by atoms with Crippen molar-refractivity contribution in [2.24, 2.45) is 23.2 Å². The number of rotatable bonds is 13. The zero-order chi connectivity index (χ0) is 50.9. The Hall–Kier alpha value is -6.00. The number of nitrogens with one attached hydrogen (secondary N) is 2. The van der Waals surface area contributed by atoms with Crippen LogP contribution in [0.25, 0.3) is 10.8 Å². The molecule has 7 aliphatic rings. The molecule has 3 aliphatic carbocycles. The lowest BCUT2D eigenvalue weighted by Crippen LogP contribution is -2.57. The third kappa shape index (κ3) is 11.0. The Kier molecular flexibility index (Phi) is 14.7. The molecule has 4 aromatic rings. The Balaban J connectivity index is 0.615. The highest BCUT2D eigenvalue weighted by Crippen LogP contribution is 2.71. The Morgan fingerprint density at radius 3 is 2.19 bits per heavy atom. The molecule has 3 aromatic carbocycles. The summed E-state index contributed by atoms with van der Waals surface area (Å²) in [5, 5.41) is 11.3. The molecule has 2 N–H and O–H groups in total. The van der Waals surface area contributed by atoms with Gasteiger partial charge in [-0.3, -0.25) is 38.6 Å². The maximum atomic E-state index is 15.1. The molecule has 1 aromatic heterocycles. The monoisotopic (exact) mass is 1010 g/mol. The summed E-state index contributed by atoms with van der Waals surface area (Å²) in [5.74, 6) is 0.249. The van der Waals surface area contributed by atoms with Crippen molar-refractivity contribution in [3.63, 3.8) is 0 Å². The predicted octanol–water partition coefficient (Wildman–Crippen LogP) is 5.68. The van der Waals surface area contributed by atoms with Crippen LogP contribution in [-0.2, 0) is 20.8 Å². The minimum Gasteiger partial charge on any atom is -0.342 e. The smallest absolute Gasteiger partial charge is 0.272 e. The minimum atomic E-state index is -0.603. The summed E-state index contributed by atoms with van der Waals surface area (Å²) in [4.78, 5) is 93.4. The van der Waals surface area contributed by atoms with E-state index in [1.54, 1.807) is 29.2 Å². The Bertz CT molecular complexity index is 2800. The van der Waals surface area contributed by atoms with Crippen LogP contribution in [0.4, 0.5) is 4.39 Å². The van der Waals surface area contributed by atoms with Crippen molar-refractivity contribution in [3.05, 3.63) is 111 Å². The summed E-state index contributed by atoms with van der Waals surface area (Å²) in [6.45, 7) is 8.74. The number of benzene rings is 3. The van der Waals surface area contributed by atoms with Gasteiger partial charge in [-0.05, 0) is 130 Å². The van der Waals surface area contributed by atoms with Gasteiger partial charge >= 0.3 is 0 Å². The standard InChI is InChI=1S/C58H72FN9O6/c59-49-16-15-40(33-50-45-13-4-5-14-46(45)54(71)62-61-50)32-47(49)55(72)66-30-28-65(29-31-66)51(69)38-63-22-17-39(18-23-63)36-64-24-26-67(27-25-64)57(74)52(41-8-2-1-3-9-41)60-53(70)43-11-6-10-42(34-43)44-12-7-21-68(37-44)56(73)48-35-58(48)19-20-58/h4-6,10-11,13-16,32,34,39,41,44,48,52H,1-3,7-9,12,17-31,33,35-38H2,(H,60,70)(H,62,71).